The molecule has 0 radical (unpaired) electrons. The third-order valence-electron chi connectivity index (χ3n) is 3.97. The number of alkyl halides is 1. The minimum Gasteiger partial charge on any atom is -0.365 e. The van der Waals surface area contributed by atoms with Gasteiger partial charge in [-0.25, -0.2) is 9.49 Å². The Bertz CT molecular complexity index is 733. The van der Waals surface area contributed by atoms with Crippen molar-refractivity contribution in [3.05, 3.63) is 57.0 Å². The Morgan fingerprint density at radius 1 is 1.43 bits per heavy atom. The summed E-state index contributed by atoms with van der Waals surface area (Å²) in [4.78, 5) is 13.3. The number of anilines is 1. The molecular weight excluding hydrogens is 293 g/mol. The molecule has 1 aliphatic heterocycles. The minimum atomic E-state index is -1.43. The molecule has 1 N–H and O–H groups in total. The van der Waals surface area contributed by atoms with Gasteiger partial charge in [0.1, 0.15) is 5.02 Å². The predicted molar refractivity (Wildman–Crippen MR) is 80.7 cm³/mol. The zero-order valence-corrected chi connectivity index (χ0v) is 12.3. The molecule has 4 nitrogen and oxygen atoms in total. The van der Waals surface area contributed by atoms with Crippen LogP contribution in [0.2, 0.25) is 5.02 Å². The number of benzene rings is 1. The molecule has 21 heavy (non-hydrogen) atoms. The average molecular weight is 308 g/mol. The number of aromatic nitrogens is 2. The van der Waals surface area contributed by atoms with E-state index in [1.165, 1.54) is 6.20 Å². The van der Waals surface area contributed by atoms with E-state index in [0.29, 0.717) is 24.2 Å². The maximum Gasteiger partial charge on any atom is 0.285 e. The average Bonchev–Trinajstić information content (AvgIpc) is 2.86. The number of nitrogens with zero attached hydrogens (tertiary/aromatic N) is 2. The fraction of sp³-hybridized carbons (Fsp3) is 0.333. The second-order valence-corrected chi connectivity index (χ2v) is 5.73. The maximum atomic E-state index is 15.3. The zero-order valence-electron chi connectivity index (χ0n) is 11.6. The molecule has 0 spiro atoms. The Morgan fingerprint density at radius 2 is 2.19 bits per heavy atom. The molecular formula is C15H15ClFN3O. The SMILES string of the molecule is Cc1ccccc1[C@]1(F)CCN(c2cn[nH]c(=O)c2Cl)C1. The van der Waals surface area contributed by atoms with Crippen molar-refractivity contribution in [1.29, 1.82) is 0 Å². The van der Waals surface area contributed by atoms with Crippen LogP contribution in [0.5, 0.6) is 0 Å². The molecule has 1 fully saturated rings. The van der Waals surface area contributed by atoms with Gasteiger partial charge in [-0.1, -0.05) is 35.9 Å². The number of hydrogen-bond donors (Lipinski definition) is 1. The molecule has 2 heterocycles. The molecule has 0 aliphatic carbocycles. The molecule has 0 saturated carbocycles. The van der Waals surface area contributed by atoms with Crippen LogP contribution in [0, 0.1) is 6.92 Å². The number of aromatic amines is 1. The molecule has 1 atom stereocenters. The van der Waals surface area contributed by atoms with E-state index in [-0.39, 0.29) is 11.6 Å². The number of H-pyrrole nitrogens is 1. The lowest BCUT2D eigenvalue weighted by Gasteiger charge is -2.24. The van der Waals surface area contributed by atoms with E-state index in [0.717, 1.165) is 5.56 Å². The van der Waals surface area contributed by atoms with Crippen LogP contribution in [0.15, 0.2) is 35.3 Å². The van der Waals surface area contributed by atoms with Crippen LogP contribution in [0.1, 0.15) is 17.5 Å². The van der Waals surface area contributed by atoms with Crippen LogP contribution >= 0.6 is 11.6 Å². The Morgan fingerprint density at radius 3 is 2.95 bits per heavy atom. The van der Waals surface area contributed by atoms with Crippen LogP contribution in [0.3, 0.4) is 0 Å². The van der Waals surface area contributed by atoms with Gasteiger partial charge in [0, 0.05) is 13.0 Å². The number of hydrogen-bond acceptors (Lipinski definition) is 3. The second-order valence-electron chi connectivity index (χ2n) is 5.35. The van der Waals surface area contributed by atoms with Crippen LogP contribution in [-0.4, -0.2) is 23.3 Å². The summed E-state index contributed by atoms with van der Waals surface area (Å²) in [6, 6.07) is 7.46. The van der Waals surface area contributed by atoms with Crippen LogP contribution in [0.25, 0.3) is 0 Å². The molecule has 1 saturated heterocycles. The summed E-state index contributed by atoms with van der Waals surface area (Å²) >= 11 is 6.00. The van der Waals surface area contributed by atoms with Gasteiger partial charge in [0.05, 0.1) is 18.4 Å². The van der Waals surface area contributed by atoms with Crippen LogP contribution in [0.4, 0.5) is 10.1 Å². The van der Waals surface area contributed by atoms with Gasteiger partial charge >= 0.3 is 0 Å². The first-order chi connectivity index (χ1) is 10.0. The third-order valence-corrected chi connectivity index (χ3v) is 4.33. The number of halogens is 2. The fourth-order valence-electron chi connectivity index (χ4n) is 2.87. The van der Waals surface area contributed by atoms with E-state index >= 15 is 4.39 Å². The van der Waals surface area contributed by atoms with E-state index in [1.807, 2.05) is 31.2 Å². The molecule has 110 valence electrons. The lowest BCUT2D eigenvalue weighted by atomic mass is 9.91. The summed E-state index contributed by atoms with van der Waals surface area (Å²) in [6.45, 7) is 2.57. The van der Waals surface area contributed by atoms with Gasteiger partial charge in [0.2, 0.25) is 0 Å². The predicted octanol–water partition coefficient (Wildman–Crippen LogP) is 2.81. The monoisotopic (exact) mass is 307 g/mol. The van der Waals surface area contributed by atoms with Crippen LogP contribution < -0.4 is 10.5 Å². The number of nitrogens with one attached hydrogen (secondary N) is 1. The van der Waals surface area contributed by atoms with Gasteiger partial charge in [-0.15, -0.1) is 0 Å². The Hall–Kier alpha value is -1.88. The molecule has 1 aromatic carbocycles. The van der Waals surface area contributed by atoms with Gasteiger partial charge in [-0.2, -0.15) is 5.10 Å². The van der Waals surface area contributed by atoms with E-state index in [2.05, 4.69) is 10.2 Å². The number of aryl methyl sites for hydroxylation is 1. The highest BCUT2D eigenvalue weighted by atomic mass is 35.5. The van der Waals surface area contributed by atoms with Crippen molar-refractivity contribution in [2.45, 2.75) is 19.0 Å². The Balaban J connectivity index is 1.93. The van der Waals surface area contributed by atoms with Crippen molar-refractivity contribution >= 4 is 17.3 Å². The van der Waals surface area contributed by atoms with Gasteiger partial charge in [-0.05, 0) is 18.1 Å². The van der Waals surface area contributed by atoms with Crippen molar-refractivity contribution < 1.29 is 4.39 Å². The van der Waals surface area contributed by atoms with E-state index < -0.39 is 11.2 Å². The lowest BCUT2D eigenvalue weighted by Crippen LogP contribution is -2.29. The van der Waals surface area contributed by atoms with E-state index in [9.17, 15) is 4.79 Å². The summed E-state index contributed by atoms with van der Waals surface area (Å²) in [5.41, 5.74) is 0.213. The first-order valence-electron chi connectivity index (χ1n) is 6.74. The van der Waals surface area contributed by atoms with Crippen molar-refractivity contribution in [1.82, 2.24) is 10.2 Å². The quantitative estimate of drug-likeness (QED) is 0.928. The van der Waals surface area contributed by atoms with Crippen molar-refractivity contribution in [2.75, 3.05) is 18.0 Å². The first-order valence-corrected chi connectivity index (χ1v) is 7.12. The smallest absolute Gasteiger partial charge is 0.285 e. The lowest BCUT2D eigenvalue weighted by molar-refractivity contribution is 0.195. The fourth-order valence-corrected chi connectivity index (χ4v) is 3.08. The molecule has 2 aromatic rings. The molecule has 0 unspecified atom stereocenters. The van der Waals surface area contributed by atoms with Gasteiger partial charge in [-0.3, -0.25) is 4.79 Å². The van der Waals surface area contributed by atoms with Gasteiger partial charge in [0.25, 0.3) is 5.56 Å². The molecule has 0 bridgehead atoms. The standard InChI is InChI=1S/C15H15ClFN3O/c1-10-4-2-3-5-11(10)15(17)6-7-20(9-15)12-8-18-19-14(21)13(12)16/h2-5,8H,6-7,9H2,1H3,(H,19,21)/t15-/m0/s1. The summed E-state index contributed by atoms with van der Waals surface area (Å²) in [7, 11) is 0. The molecule has 3 rings (SSSR count). The Kier molecular flexibility index (Phi) is 3.45. The Labute approximate surface area is 126 Å². The highest BCUT2D eigenvalue weighted by Gasteiger charge is 2.41. The van der Waals surface area contributed by atoms with Crippen molar-refractivity contribution in [2.24, 2.45) is 0 Å². The topological polar surface area (TPSA) is 49.0 Å². The maximum absolute atomic E-state index is 15.3. The summed E-state index contributed by atoms with van der Waals surface area (Å²) in [5, 5.41) is 6.06. The summed E-state index contributed by atoms with van der Waals surface area (Å²) in [5.74, 6) is 0. The molecule has 1 aliphatic rings. The minimum absolute atomic E-state index is 0.0547. The normalized spacial score (nSPS) is 21.8. The third kappa shape index (κ3) is 2.42. The molecule has 0 amide bonds. The van der Waals surface area contributed by atoms with Gasteiger partial charge < -0.3 is 4.90 Å². The van der Waals surface area contributed by atoms with Crippen molar-refractivity contribution in [3.8, 4) is 0 Å². The first kappa shape index (κ1) is 14.1. The zero-order chi connectivity index (χ0) is 15.0. The molecule has 1 aromatic heterocycles. The van der Waals surface area contributed by atoms with Crippen LogP contribution in [-0.2, 0) is 5.67 Å². The highest BCUT2D eigenvalue weighted by Crippen LogP contribution is 2.40. The van der Waals surface area contributed by atoms with Gasteiger partial charge in [0.15, 0.2) is 5.67 Å². The van der Waals surface area contributed by atoms with E-state index in [1.54, 1.807) is 4.90 Å². The summed E-state index contributed by atoms with van der Waals surface area (Å²) < 4.78 is 15.3. The largest absolute Gasteiger partial charge is 0.365 e. The second kappa shape index (κ2) is 5.15. The highest BCUT2D eigenvalue weighted by molar-refractivity contribution is 6.33. The van der Waals surface area contributed by atoms with E-state index in [4.69, 9.17) is 11.6 Å². The number of rotatable bonds is 2. The van der Waals surface area contributed by atoms with Crippen molar-refractivity contribution in [3.63, 3.8) is 0 Å². The molecule has 6 heteroatoms. The summed E-state index contributed by atoms with van der Waals surface area (Å²) in [6.07, 6.45) is 1.83.